The quantitative estimate of drug-likeness (QED) is 0.684. The first-order chi connectivity index (χ1) is 11.4. The van der Waals surface area contributed by atoms with E-state index in [0.717, 1.165) is 0 Å². The third-order valence-electron chi connectivity index (χ3n) is 3.52. The van der Waals surface area contributed by atoms with E-state index in [-0.39, 0.29) is 12.5 Å². The average Bonchev–Trinajstić information content (AvgIpc) is 2.59. The van der Waals surface area contributed by atoms with Gasteiger partial charge in [-0.05, 0) is 37.7 Å². The standard InChI is InChI=1S/C16H24N4O4/c1-5-20(11(2)15(22)19-16(23)17-3)10-14(21)18-12-6-8-13(24-4)9-7-12/h6-9,11H,5,10H2,1-4H3,(H,18,21)(H2,17,19,22,23)/t11-/m1/s1. The fraction of sp³-hybridized carbons (Fsp3) is 0.438. The minimum Gasteiger partial charge on any atom is -0.497 e. The maximum atomic E-state index is 12.1. The summed E-state index contributed by atoms with van der Waals surface area (Å²) in [6.07, 6.45) is 0. The van der Waals surface area contributed by atoms with Gasteiger partial charge in [-0.3, -0.25) is 19.8 Å². The van der Waals surface area contributed by atoms with Crippen LogP contribution in [0, 0.1) is 0 Å². The van der Waals surface area contributed by atoms with Gasteiger partial charge in [0, 0.05) is 12.7 Å². The molecule has 1 atom stereocenters. The topological polar surface area (TPSA) is 99.8 Å². The molecule has 1 aromatic rings. The summed E-state index contributed by atoms with van der Waals surface area (Å²) in [5, 5.41) is 7.27. The van der Waals surface area contributed by atoms with Gasteiger partial charge in [-0.2, -0.15) is 0 Å². The van der Waals surface area contributed by atoms with Crippen molar-refractivity contribution in [3.8, 4) is 5.75 Å². The third kappa shape index (κ3) is 5.88. The van der Waals surface area contributed by atoms with Crippen molar-refractivity contribution in [3.05, 3.63) is 24.3 Å². The van der Waals surface area contributed by atoms with Crippen LogP contribution in [0.5, 0.6) is 5.75 Å². The van der Waals surface area contributed by atoms with Gasteiger partial charge in [-0.25, -0.2) is 4.79 Å². The Kier molecular flexibility index (Phi) is 7.70. The number of anilines is 1. The van der Waals surface area contributed by atoms with Crippen LogP contribution in [-0.4, -0.2) is 56.0 Å². The molecule has 0 spiro atoms. The zero-order valence-electron chi connectivity index (χ0n) is 14.4. The summed E-state index contributed by atoms with van der Waals surface area (Å²) >= 11 is 0. The number of hydrogen-bond acceptors (Lipinski definition) is 5. The molecule has 0 aromatic heterocycles. The first-order valence-electron chi connectivity index (χ1n) is 7.61. The molecule has 0 saturated carbocycles. The second-order valence-corrected chi connectivity index (χ2v) is 5.08. The molecule has 0 aliphatic heterocycles. The van der Waals surface area contributed by atoms with E-state index < -0.39 is 18.0 Å². The van der Waals surface area contributed by atoms with Crippen molar-refractivity contribution in [1.29, 1.82) is 0 Å². The average molecular weight is 336 g/mol. The summed E-state index contributed by atoms with van der Waals surface area (Å²) < 4.78 is 5.06. The van der Waals surface area contributed by atoms with Crippen LogP contribution >= 0.6 is 0 Å². The fourth-order valence-corrected chi connectivity index (χ4v) is 2.03. The minimum absolute atomic E-state index is 0.0326. The van der Waals surface area contributed by atoms with Gasteiger partial charge >= 0.3 is 6.03 Å². The molecule has 0 aliphatic carbocycles. The smallest absolute Gasteiger partial charge is 0.321 e. The van der Waals surface area contributed by atoms with Crippen LogP contribution in [0.1, 0.15) is 13.8 Å². The molecule has 4 amide bonds. The molecule has 0 fully saturated rings. The van der Waals surface area contributed by atoms with Crippen molar-refractivity contribution >= 4 is 23.5 Å². The van der Waals surface area contributed by atoms with Gasteiger partial charge in [0.25, 0.3) is 0 Å². The molecule has 0 unspecified atom stereocenters. The van der Waals surface area contributed by atoms with Gasteiger partial charge in [0.05, 0.1) is 19.7 Å². The van der Waals surface area contributed by atoms with Crippen LogP contribution in [-0.2, 0) is 9.59 Å². The van der Waals surface area contributed by atoms with Gasteiger partial charge in [0.2, 0.25) is 11.8 Å². The highest BCUT2D eigenvalue weighted by Crippen LogP contribution is 2.15. The number of nitrogens with one attached hydrogen (secondary N) is 3. The molecule has 0 bridgehead atoms. The van der Waals surface area contributed by atoms with Crippen LogP contribution in [0.2, 0.25) is 0 Å². The van der Waals surface area contributed by atoms with Gasteiger partial charge in [-0.1, -0.05) is 6.92 Å². The molecular formula is C16H24N4O4. The summed E-state index contributed by atoms with van der Waals surface area (Å²) in [7, 11) is 2.99. The Morgan fingerprint density at radius 2 is 1.83 bits per heavy atom. The van der Waals surface area contributed by atoms with Crippen LogP contribution in [0.3, 0.4) is 0 Å². The van der Waals surface area contributed by atoms with Crippen LogP contribution in [0.15, 0.2) is 24.3 Å². The molecule has 0 heterocycles. The predicted molar refractivity (Wildman–Crippen MR) is 90.9 cm³/mol. The van der Waals surface area contributed by atoms with Gasteiger partial charge < -0.3 is 15.4 Å². The zero-order valence-corrected chi connectivity index (χ0v) is 14.4. The van der Waals surface area contributed by atoms with Crippen molar-refractivity contribution in [3.63, 3.8) is 0 Å². The number of likely N-dealkylation sites (N-methyl/N-ethyl adjacent to an activating group) is 1. The number of nitrogens with zero attached hydrogens (tertiary/aromatic N) is 1. The lowest BCUT2D eigenvalue weighted by Crippen LogP contribution is -2.50. The molecular weight excluding hydrogens is 312 g/mol. The Morgan fingerprint density at radius 1 is 1.21 bits per heavy atom. The number of rotatable bonds is 7. The predicted octanol–water partition coefficient (Wildman–Crippen LogP) is 0.800. The summed E-state index contributed by atoms with van der Waals surface area (Å²) in [5.74, 6) is -0.0160. The molecule has 0 saturated heterocycles. The Balaban J connectivity index is 2.60. The monoisotopic (exact) mass is 336 g/mol. The molecule has 3 N–H and O–H groups in total. The zero-order chi connectivity index (χ0) is 18.1. The number of imide groups is 1. The van der Waals surface area contributed by atoms with Crippen molar-refractivity contribution in [2.24, 2.45) is 0 Å². The highest BCUT2D eigenvalue weighted by molar-refractivity contribution is 5.97. The Bertz CT molecular complexity index is 574. The van der Waals surface area contributed by atoms with Crippen molar-refractivity contribution < 1.29 is 19.1 Å². The SMILES string of the molecule is CCN(CC(=O)Nc1ccc(OC)cc1)[C@H](C)C(=O)NC(=O)NC. The third-order valence-corrected chi connectivity index (χ3v) is 3.52. The lowest BCUT2D eigenvalue weighted by Gasteiger charge is -2.25. The van der Waals surface area contributed by atoms with Crippen molar-refractivity contribution in [2.75, 3.05) is 32.6 Å². The number of benzene rings is 1. The maximum absolute atomic E-state index is 12.1. The summed E-state index contributed by atoms with van der Waals surface area (Å²) in [6, 6.07) is 5.75. The normalized spacial score (nSPS) is 11.5. The van der Waals surface area contributed by atoms with Crippen molar-refractivity contribution in [1.82, 2.24) is 15.5 Å². The van der Waals surface area contributed by atoms with E-state index in [4.69, 9.17) is 4.74 Å². The molecule has 8 heteroatoms. The number of hydrogen-bond donors (Lipinski definition) is 3. The van der Waals surface area contributed by atoms with E-state index in [1.807, 2.05) is 6.92 Å². The fourth-order valence-electron chi connectivity index (χ4n) is 2.03. The maximum Gasteiger partial charge on any atom is 0.321 e. The number of carbonyl (C=O) groups excluding carboxylic acids is 3. The van der Waals surface area contributed by atoms with E-state index in [0.29, 0.717) is 18.0 Å². The van der Waals surface area contributed by atoms with E-state index >= 15 is 0 Å². The minimum atomic E-state index is -0.617. The van der Waals surface area contributed by atoms with E-state index in [9.17, 15) is 14.4 Å². The number of amides is 4. The number of carbonyl (C=O) groups is 3. The van der Waals surface area contributed by atoms with E-state index in [1.165, 1.54) is 7.05 Å². The number of urea groups is 1. The number of ether oxygens (including phenoxy) is 1. The Hall–Kier alpha value is -2.61. The molecule has 24 heavy (non-hydrogen) atoms. The number of methoxy groups -OCH3 is 1. The lowest BCUT2D eigenvalue weighted by molar-refractivity contribution is -0.126. The Morgan fingerprint density at radius 3 is 2.33 bits per heavy atom. The van der Waals surface area contributed by atoms with Gasteiger partial charge in [0.1, 0.15) is 5.75 Å². The largest absolute Gasteiger partial charge is 0.497 e. The van der Waals surface area contributed by atoms with Crippen LogP contribution in [0.25, 0.3) is 0 Å². The summed E-state index contributed by atoms with van der Waals surface area (Å²) in [5.41, 5.74) is 0.638. The van der Waals surface area contributed by atoms with Gasteiger partial charge in [-0.15, -0.1) is 0 Å². The molecule has 0 radical (unpaired) electrons. The van der Waals surface area contributed by atoms with Gasteiger partial charge in [0.15, 0.2) is 0 Å². The highest BCUT2D eigenvalue weighted by atomic mass is 16.5. The second kappa shape index (κ2) is 9.51. The summed E-state index contributed by atoms with van der Waals surface area (Å²) in [4.78, 5) is 37.0. The molecule has 1 rings (SSSR count). The first-order valence-corrected chi connectivity index (χ1v) is 7.61. The molecule has 8 nitrogen and oxygen atoms in total. The molecule has 0 aliphatic rings. The highest BCUT2D eigenvalue weighted by Gasteiger charge is 2.23. The Labute approximate surface area is 141 Å². The van der Waals surface area contributed by atoms with E-state index in [1.54, 1.807) is 43.2 Å². The second-order valence-electron chi connectivity index (χ2n) is 5.08. The van der Waals surface area contributed by atoms with Crippen LogP contribution in [0.4, 0.5) is 10.5 Å². The first kappa shape index (κ1) is 19.4. The lowest BCUT2D eigenvalue weighted by atomic mass is 10.2. The van der Waals surface area contributed by atoms with Crippen molar-refractivity contribution in [2.45, 2.75) is 19.9 Å². The summed E-state index contributed by atoms with van der Waals surface area (Å²) in [6.45, 7) is 4.00. The van der Waals surface area contributed by atoms with E-state index in [2.05, 4.69) is 16.0 Å². The molecule has 132 valence electrons. The molecule has 1 aromatic carbocycles. The van der Waals surface area contributed by atoms with Crippen LogP contribution < -0.4 is 20.7 Å².